The molecule has 1 aliphatic carbocycles. The summed E-state index contributed by atoms with van der Waals surface area (Å²) in [6.07, 6.45) is 2.43. The summed E-state index contributed by atoms with van der Waals surface area (Å²) < 4.78 is 21.8. The Kier molecular flexibility index (Phi) is 1.89. The van der Waals surface area contributed by atoms with Gasteiger partial charge in [0.2, 0.25) is 10.0 Å². The van der Waals surface area contributed by atoms with E-state index in [2.05, 4.69) is 0 Å². The van der Waals surface area contributed by atoms with Crippen molar-refractivity contribution in [2.24, 2.45) is 5.14 Å². The van der Waals surface area contributed by atoms with Crippen LogP contribution in [0.4, 0.5) is 0 Å². The predicted octanol–water partition coefficient (Wildman–Crippen LogP) is 1.21. The third-order valence-corrected chi connectivity index (χ3v) is 3.19. The number of benzene rings is 1. The number of hydrogen-bond donors (Lipinski definition) is 1. The molecule has 0 spiro atoms. The highest BCUT2D eigenvalue weighted by atomic mass is 32.2. The van der Waals surface area contributed by atoms with Crippen LogP contribution in [0, 0.1) is 0 Å². The van der Waals surface area contributed by atoms with Gasteiger partial charge in [-0.05, 0) is 36.5 Å². The lowest BCUT2D eigenvalue weighted by Gasteiger charge is -1.99. The van der Waals surface area contributed by atoms with E-state index in [0.717, 1.165) is 0 Å². The van der Waals surface area contributed by atoms with Gasteiger partial charge in [-0.3, -0.25) is 0 Å². The topological polar surface area (TPSA) is 60.2 Å². The zero-order valence-corrected chi connectivity index (χ0v) is 7.92. The molecule has 1 aromatic carbocycles. The minimum Gasteiger partial charge on any atom is -0.225 e. The molecule has 0 saturated heterocycles. The van der Waals surface area contributed by atoms with E-state index in [4.69, 9.17) is 5.14 Å². The SMILES string of the molecule is NS(=O)(=O)c1ccc(C2CC2)cc1. The van der Waals surface area contributed by atoms with E-state index in [1.54, 1.807) is 12.1 Å². The van der Waals surface area contributed by atoms with Crippen LogP contribution in [-0.2, 0) is 10.0 Å². The van der Waals surface area contributed by atoms with Gasteiger partial charge in [-0.15, -0.1) is 0 Å². The van der Waals surface area contributed by atoms with E-state index in [1.807, 2.05) is 12.1 Å². The molecule has 1 fully saturated rings. The summed E-state index contributed by atoms with van der Waals surface area (Å²) in [7, 11) is -3.52. The fourth-order valence-corrected chi connectivity index (χ4v) is 1.86. The van der Waals surface area contributed by atoms with E-state index < -0.39 is 10.0 Å². The van der Waals surface area contributed by atoms with Crippen LogP contribution >= 0.6 is 0 Å². The largest absolute Gasteiger partial charge is 0.238 e. The van der Waals surface area contributed by atoms with Gasteiger partial charge in [0.1, 0.15) is 0 Å². The smallest absolute Gasteiger partial charge is 0.225 e. The van der Waals surface area contributed by atoms with E-state index in [-0.39, 0.29) is 4.90 Å². The number of primary sulfonamides is 1. The van der Waals surface area contributed by atoms with Crippen LogP contribution in [0.25, 0.3) is 0 Å². The molecule has 0 atom stereocenters. The van der Waals surface area contributed by atoms with Crippen molar-refractivity contribution in [2.75, 3.05) is 0 Å². The zero-order valence-electron chi connectivity index (χ0n) is 7.10. The fourth-order valence-electron chi connectivity index (χ4n) is 1.35. The molecule has 70 valence electrons. The molecule has 0 bridgehead atoms. The molecule has 0 aromatic heterocycles. The Hall–Kier alpha value is -0.870. The molecule has 1 aliphatic rings. The second-order valence-corrected chi connectivity index (χ2v) is 4.95. The van der Waals surface area contributed by atoms with E-state index in [0.29, 0.717) is 5.92 Å². The van der Waals surface area contributed by atoms with Crippen molar-refractivity contribution in [2.45, 2.75) is 23.7 Å². The fraction of sp³-hybridized carbons (Fsp3) is 0.333. The number of rotatable bonds is 2. The lowest BCUT2D eigenvalue weighted by atomic mass is 10.1. The molecule has 2 N–H and O–H groups in total. The first kappa shape index (κ1) is 8.72. The Balaban J connectivity index is 2.33. The minimum atomic E-state index is -3.52. The van der Waals surface area contributed by atoms with E-state index in [9.17, 15) is 8.42 Å². The number of hydrogen-bond acceptors (Lipinski definition) is 2. The van der Waals surface area contributed by atoms with Crippen LogP contribution in [0.2, 0.25) is 0 Å². The van der Waals surface area contributed by atoms with Crippen LogP contribution in [-0.4, -0.2) is 8.42 Å². The summed E-state index contributed by atoms with van der Waals surface area (Å²) in [6.45, 7) is 0. The van der Waals surface area contributed by atoms with Crippen molar-refractivity contribution in [1.29, 1.82) is 0 Å². The Bertz CT molecular complexity index is 404. The third kappa shape index (κ3) is 1.89. The highest BCUT2D eigenvalue weighted by molar-refractivity contribution is 7.89. The Labute approximate surface area is 77.6 Å². The molecule has 0 aliphatic heterocycles. The monoisotopic (exact) mass is 197 g/mol. The maximum Gasteiger partial charge on any atom is 0.238 e. The summed E-state index contributed by atoms with van der Waals surface area (Å²) in [5.74, 6) is 0.648. The van der Waals surface area contributed by atoms with Crippen LogP contribution < -0.4 is 5.14 Å². The molecule has 3 nitrogen and oxygen atoms in total. The average molecular weight is 197 g/mol. The predicted molar refractivity (Wildman–Crippen MR) is 49.8 cm³/mol. The summed E-state index contributed by atoms with van der Waals surface area (Å²) in [5.41, 5.74) is 1.22. The average Bonchev–Trinajstić information content (AvgIpc) is 2.85. The molecule has 0 unspecified atom stereocenters. The summed E-state index contributed by atoms with van der Waals surface area (Å²) in [6, 6.07) is 6.83. The summed E-state index contributed by atoms with van der Waals surface area (Å²) in [4.78, 5) is 0.192. The molecule has 0 heterocycles. The van der Waals surface area contributed by atoms with Crippen molar-refractivity contribution in [3.8, 4) is 0 Å². The minimum absolute atomic E-state index is 0.192. The Morgan fingerprint density at radius 3 is 2.08 bits per heavy atom. The second kappa shape index (κ2) is 2.82. The molecule has 1 aromatic rings. The molecular formula is C9H11NO2S. The lowest BCUT2D eigenvalue weighted by Crippen LogP contribution is -2.11. The highest BCUT2D eigenvalue weighted by Crippen LogP contribution is 2.39. The van der Waals surface area contributed by atoms with Crippen molar-refractivity contribution in [1.82, 2.24) is 0 Å². The van der Waals surface area contributed by atoms with Gasteiger partial charge >= 0.3 is 0 Å². The first-order chi connectivity index (χ1) is 6.07. The van der Waals surface area contributed by atoms with Crippen LogP contribution in [0.1, 0.15) is 24.3 Å². The van der Waals surface area contributed by atoms with Crippen LogP contribution in [0.15, 0.2) is 29.2 Å². The Morgan fingerprint density at radius 1 is 1.15 bits per heavy atom. The standard InChI is InChI=1S/C9H11NO2S/c10-13(11,12)9-5-3-8(4-6-9)7-1-2-7/h3-7H,1-2H2,(H2,10,11,12). The second-order valence-electron chi connectivity index (χ2n) is 3.39. The Morgan fingerprint density at radius 2 is 1.69 bits per heavy atom. The van der Waals surface area contributed by atoms with Gasteiger partial charge in [0.05, 0.1) is 4.90 Å². The zero-order chi connectivity index (χ0) is 9.47. The third-order valence-electron chi connectivity index (χ3n) is 2.26. The molecule has 13 heavy (non-hydrogen) atoms. The van der Waals surface area contributed by atoms with Crippen LogP contribution in [0.3, 0.4) is 0 Å². The molecule has 1 saturated carbocycles. The van der Waals surface area contributed by atoms with Gasteiger partial charge in [-0.1, -0.05) is 12.1 Å². The lowest BCUT2D eigenvalue weighted by molar-refractivity contribution is 0.598. The molecule has 0 amide bonds. The molecule has 2 rings (SSSR count). The molecular weight excluding hydrogens is 186 g/mol. The van der Waals surface area contributed by atoms with E-state index in [1.165, 1.54) is 18.4 Å². The van der Waals surface area contributed by atoms with Crippen LogP contribution in [0.5, 0.6) is 0 Å². The van der Waals surface area contributed by atoms with Crippen molar-refractivity contribution in [3.05, 3.63) is 29.8 Å². The molecule has 0 radical (unpaired) electrons. The number of nitrogens with two attached hydrogens (primary N) is 1. The van der Waals surface area contributed by atoms with E-state index >= 15 is 0 Å². The maximum absolute atomic E-state index is 10.9. The van der Waals surface area contributed by atoms with Gasteiger partial charge in [0, 0.05) is 0 Å². The first-order valence-electron chi connectivity index (χ1n) is 4.20. The van der Waals surface area contributed by atoms with Gasteiger partial charge < -0.3 is 0 Å². The first-order valence-corrected chi connectivity index (χ1v) is 5.75. The van der Waals surface area contributed by atoms with Crippen molar-refractivity contribution in [3.63, 3.8) is 0 Å². The van der Waals surface area contributed by atoms with Gasteiger partial charge in [-0.25, -0.2) is 13.6 Å². The maximum atomic E-state index is 10.9. The van der Waals surface area contributed by atoms with Gasteiger partial charge in [0.15, 0.2) is 0 Å². The van der Waals surface area contributed by atoms with Crippen molar-refractivity contribution < 1.29 is 8.42 Å². The van der Waals surface area contributed by atoms with Gasteiger partial charge in [-0.2, -0.15) is 0 Å². The van der Waals surface area contributed by atoms with Crippen molar-refractivity contribution >= 4 is 10.0 Å². The molecule has 4 heteroatoms. The quantitative estimate of drug-likeness (QED) is 0.774. The normalized spacial score (nSPS) is 17.3. The highest BCUT2D eigenvalue weighted by Gasteiger charge is 2.23. The number of sulfonamides is 1. The summed E-state index contributed by atoms with van der Waals surface area (Å²) >= 11 is 0. The summed E-state index contributed by atoms with van der Waals surface area (Å²) in [5, 5.41) is 4.97. The van der Waals surface area contributed by atoms with Gasteiger partial charge in [0.25, 0.3) is 0 Å².